The Kier molecular flexibility index (Phi) is 4.25. The largest absolute Gasteiger partial charge is 0.495 e. The molecule has 20 heavy (non-hydrogen) atoms. The van der Waals surface area contributed by atoms with Gasteiger partial charge >= 0.3 is 0 Å². The molecule has 0 aliphatic heterocycles. The van der Waals surface area contributed by atoms with E-state index in [-0.39, 0.29) is 5.91 Å². The van der Waals surface area contributed by atoms with Gasteiger partial charge in [0.15, 0.2) is 0 Å². The van der Waals surface area contributed by atoms with E-state index >= 15 is 0 Å². The summed E-state index contributed by atoms with van der Waals surface area (Å²) < 4.78 is 5.11. The Balaban J connectivity index is 2.03. The molecule has 0 aromatic heterocycles. The van der Waals surface area contributed by atoms with Crippen molar-refractivity contribution in [2.45, 2.75) is 13.5 Å². The summed E-state index contributed by atoms with van der Waals surface area (Å²) in [6, 6.07) is 13.0. The van der Waals surface area contributed by atoms with Crippen LogP contribution in [0.3, 0.4) is 0 Å². The first-order valence-electron chi connectivity index (χ1n) is 6.37. The molecule has 4 heteroatoms. The number of amides is 1. The highest BCUT2D eigenvalue weighted by Crippen LogP contribution is 2.22. The number of anilines is 1. The highest BCUT2D eigenvalue weighted by Gasteiger charge is 2.08. The van der Waals surface area contributed by atoms with Gasteiger partial charge in [-0.15, -0.1) is 0 Å². The number of rotatable bonds is 4. The second-order valence-electron chi connectivity index (χ2n) is 4.63. The smallest absolute Gasteiger partial charge is 0.251 e. The van der Waals surface area contributed by atoms with Crippen molar-refractivity contribution in [1.82, 2.24) is 5.32 Å². The zero-order valence-electron chi connectivity index (χ0n) is 11.6. The lowest BCUT2D eigenvalue weighted by atomic mass is 10.1. The van der Waals surface area contributed by atoms with Gasteiger partial charge in [0.25, 0.3) is 5.91 Å². The fraction of sp³-hybridized carbons (Fsp3) is 0.188. The van der Waals surface area contributed by atoms with E-state index in [4.69, 9.17) is 10.5 Å². The molecule has 3 N–H and O–H groups in total. The molecule has 0 saturated heterocycles. The van der Waals surface area contributed by atoms with Crippen molar-refractivity contribution in [3.8, 4) is 5.75 Å². The molecule has 0 saturated carbocycles. The lowest BCUT2D eigenvalue weighted by Gasteiger charge is -2.08. The monoisotopic (exact) mass is 270 g/mol. The fourth-order valence-electron chi connectivity index (χ4n) is 1.84. The van der Waals surface area contributed by atoms with Crippen LogP contribution in [-0.2, 0) is 6.54 Å². The highest BCUT2D eigenvalue weighted by atomic mass is 16.5. The molecule has 0 atom stereocenters. The first kappa shape index (κ1) is 13.9. The molecule has 2 aromatic carbocycles. The second-order valence-corrected chi connectivity index (χ2v) is 4.63. The van der Waals surface area contributed by atoms with Crippen molar-refractivity contribution in [1.29, 1.82) is 0 Å². The minimum Gasteiger partial charge on any atom is -0.495 e. The number of nitrogens with one attached hydrogen (secondary N) is 1. The number of nitrogen functional groups attached to an aromatic ring is 1. The quantitative estimate of drug-likeness (QED) is 0.839. The normalized spacial score (nSPS) is 10.1. The van der Waals surface area contributed by atoms with Gasteiger partial charge < -0.3 is 15.8 Å². The number of benzene rings is 2. The van der Waals surface area contributed by atoms with Gasteiger partial charge in [-0.25, -0.2) is 0 Å². The number of methoxy groups -OCH3 is 1. The molecule has 1 amide bonds. The van der Waals surface area contributed by atoms with Gasteiger partial charge in [0.1, 0.15) is 5.75 Å². The lowest BCUT2D eigenvalue weighted by molar-refractivity contribution is 0.0950. The standard InChI is InChI=1S/C16H18N2O2/c1-11-3-5-12(6-4-11)10-18-16(19)13-7-8-14(17)15(9-13)20-2/h3-9H,10,17H2,1-2H3,(H,18,19). The molecule has 0 radical (unpaired) electrons. The Morgan fingerprint density at radius 2 is 1.90 bits per heavy atom. The van der Waals surface area contributed by atoms with Crippen molar-refractivity contribution < 1.29 is 9.53 Å². The van der Waals surface area contributed by atoms with E-state index in [1.54, 1.807) is 18.2 Å². The zero-order valence-corrected chi connectivity index (χ0v) is 11.6. The average Bonchev–Trinajstić information content (AvgIpc) is 2.47. The first-order chi connectivity index (χ1) is 9.60. The van der Waals surface area contributed by atoms with Crippen LogP contribution in [0, 0.1) is 6.92 Å². The van der Waals surface area contributed by atoms with Crippen LogP contribution >= 0.6 is 0 Å². The van der Waals surface area contributed by atoms with Gasteiger partial charge in [-0.3, -0.25) is 4.79 Å². The van der Waals surface area contributed by atoms with Crippen molar-refractivity contribution in [3.05, 3.63) is 59.2 Å². The third-order valence-corrected chi connectivity index (χ3v) is 3.07. The van der Waals surface area contributed by atoms with E-state index in [9.17, 15) is 4.79 Å². The Morgan fingerprint density at radius 3 is 2.55 bits per heavy atom. The molecule has 0 heterocycles. The van der Waals surface area contributed by atoms with Crippen molar-refractivity contribution in [3.63, 3.8) is 0 Å². The number of nitrogens with two attached hydrogens (primary N) is 1. The second kappa shape index (κ2) is 6.10. The fourth-order valence-corrected chi connectivity index (χ4v) is 1.84. The number of aryl methyl sites for hydroxylation is 1. The minimum atomic E-state index is -0.149. The molecule has 0 fully saturated rings. The zero-order chi connectivity index (χ0) is 14.5. The van der Waals surface area contributed by atoms with Crippen LogP contribution in [-0.4, -0.2) is 13.0 Å². The average molecular weight is 270 g/mol. The molecule has 0 unspecified atom stereocenters. The summed E-state index contributed by atoms with van der Waals surface area (Å²) in [7, 11) is 1.53. The number of carbonyl (C=O) groups is 1. The van der Waals surface area contributed by atoms with Gasteiger partial charge in [-0.05, 0) is 30.7 Å². The summed E-state index contributed by atoms with van der Waals surface area (Å²) in [5.74, 6) is 0.358. The predicted molar refractivity (Wildman–Crippen MR) is 79.8 cm³/mol. The maximum absolute atomic E-state index is 12.1. The summed E-state index contributed by atoms with van der Waals surface area (Å²) in [6.45, 7) is 2.52. The van der Waals surface area contributed by atoms with Gasteiger partial charge in [-0.2, -0.15) is 0 Å². The number of hydrogen-bond acceptors (Lipinski definition) is 3. The Bertz CT molecular complexity index is 606. The molecule has 4 nitrogen and oxygen atoms in total. The van der Waals surface area contributed by atoms with E-state index < -0.39 is 0 Å². The van der Waals surface area contributed by atoms with Crippen LogP contribution in [0.25, 0.3) is 0 Å². The molecular formula is C16H18N2O2. The lowest BCUT2D eigenvalue weighted by Crippen LogP contribution is -2.22. The highest BCUT2D eigenvalue weighted by molar-refractivity contribution is 5.95. The predicted octanol–water partition coefficient (Wildman–Crippen LogP) is 2.52. The Labute approximate surface area is 118 Å². The van der Waals surface area contributed by atoms with Gasteiger partial charge in [-0.1, -0.05) is 29.8 Å². The van der Waals surface area contributed by atoms with E-state index in [1.807, 2.05) is 31.2 Å². The van der Waals surface area contributed by atoms with Crippen LogP contribution in [0.15, 0.2) is 42.5 Å². The number of ether oxygens (including phenoxy) is 1. The maximum Gasteiger partial charge on any atom is 0.251 e. The molecule has 104 valence electrons. The van der Waals surface area contributed by atoms with Crippen LogP contribution in [0.4, 0.5) is 5.69 Å². The summed E-state index contributed by atoms with van der Waals surface area (Å²) in [4.78, 5) is 12.1. The number of hydrogen-bond donors (Lipinski definition) is 2. The molecule has 0 aliphatic rings. The summed E-state index contributed by atoms with van der Waals surface area (Å²) in [6.07, 6.45) is 0. The maximum atomic E-state index is 12.1. The SMILES string of the molecule is COc1cc(C(=O)NCc2ccc(C)cc2)ccc1N. The Hall–Kier alpha value is -2.49. The summed E-state index contributed by atoms with van der Waals surface area (Å²) in [5.41, 5.74) is 9.03. The number of carbonyl (C=O) groups excluding carboxylic acids is 1. The van der Waals surface area contributed by atoms with Crippen molar-refractivity contribution in [2.75, 3.05) is 12.8 Å². The molecular weight excluding hydrogens is 252 g/mol. The Morgan fingerprint density at radius 1 is 1.20 bits per heavy atom. The topological polar surface area (TPSA) is 64.3 Å². The van der Waals surface area contributed by atoms with Crippen molar-refractivity contribution >= 4 is 11.6 Å². The minimum absolute atomic E-state index is 0.149. The molecule has 0 spiro atoms. The summed E-state index contributed by atoms with van der Waals surface area (Å²) >= 11 is 0. The van der Waals surface area contributed by atoms with Gasteiger partial charge in [0.2, 0.25) is 0 Å². The van der Waals surface area contributed by atoms with Crippen LogP contribution in [0.1, 0.15) is 21.5 Å². The van der Waals surface area contributed by atoms with Crippen LogP contribution < -0.4 is 15.8 Å². The molecule has 0 aliphatic carbocycles. The molecule has 2 rings (SSSR count). The van der Waals surface area contributed by atoms with Crippen LogP contribution in [0.5, 0.6) is 5.75 Å². The third kappa shape index (κ3) is 3.29. The molecule has 2 aromatic rings. The third-order valence-electron chi connectivity index (χ3n) is 3.07. The van der Waals surface area contributed by atoms with Crippen LogP contribution in [0.2, 0.25) is 0 Å². The van der Waals surface area contributed by atoms with E-state index in [2.05, 4.69) is 5.32 Å². The summed E-state index contributed by atoms with van der Waals surface area (Å²) in [5, 5.41) is 2.87. The molecule has 0 bridgehead atoms. The van der Waals surface area contributed by atoms with E-state index in [0.717, 1.165) is 5.56 Å². The van der Waals surface area contributed by atoms with Crippen molar-refractivity contribution in [2.24, 2.45) is 0 Å². The van der Waals surface area contributed by atoms with E-state index in [1.165, 1.54) is 12.7 Å². The van der Waals surface area contributed by atoms with Gasteiger partial charge in [0, 0.05) is 12.1 Å². The van der Waals surface area contributed by atoms with E-state index in [0.29, 0.717) is 23.5 Å². The van der Waals surface area contributed by atoms with Gasteiger partial charge in [0.05, 0.1) is 12.8 Å². The first-order valence-corrected chi connectivity index (χ1v) is 6.37.